The third kappa shape index (κ3) is 4.11. The van der Waals surface area contributed by atoms with Crippen LogP contribution in [0.1, 0.15) is 45.4 Å². The van der Waals surface area contributed by atoms with E-state index in [9.17, 15) is 9.59 Å². The van der Waals surface area contributed by atoms with Crippen molar-refractivity contribution in [3.63, 3.8) is 0 Å². The first-order valence-electron chi connectivity index (χ1n) is 7.37. The summed E-state index contributed by atoms with van der Waals surface area (Å²) in [5, 5.41) is 11.8. The Morgan fingerprint density at radius 2 is 1.89 bits per heavy atom. The highest BCUT2D eigenvalue weighted by molar-refractivity contribution is 5.76. The van der Waals surface area contributed by atoms with Crippen LogP contribution in [0.15, 0.2) is 0 Å². The van der Waals surface area contributed by atoms with Gasteiger partial charge in [-0.25, -0.2) is 4.79 Å². The highest BCUT2D eigenvalue weighted by atomic mass is 16.4. The minimum Gasteiger partial charge on any atom is -0.481 e. The van der Waals surface area contributed by atoms with E-state index in [1.54, 1.807) is 0 Å². The minimum atomic E-state index is -0.832. The number of hydrogen-bond acceptors (Lipinski definition) is 2. The molecule has 19 heavy (non-hydrogen) atoms. The van der Waals surface area contributed by atoms with E-state index in [4.69, 9.17) is 5.11 Å². The van der Waals surface area contributed by atoms with Crippen LogP contribution in [-0.4, -0.2) is 41.1 Å². The monoisotopic (exact) mass is 268 g/mol. The van der Waals surface area contributed by atoms with Gasteiger partial charge in [-0.15, -0.1) is 0 Å². The Morgan fingerprint density at radius 3 is 2.37 bits per heavy atom. The smallest absolute Gasteiger partial charge is 0.317 e. The second-order valence-corrected chi connectivity index (χ2v) is 5.83. The average Bonchev–Trinajstić information content (AvgIpc) is 3.21. The zero-order valence-corrected chi connectivity index (χ0v) is 11.6. The summed E-state index contributed by atoms with van der Waals surface area (Å²) in [4.78, 5) is 24.8. The summed E-state index contributed by atoms with van der Waals surface area (Å²) in [5.74, 6) is 0.275. The van der Waals surface area contributed by atoms with Gasteiger partial charge in [0.1, 0.15) is 0 Å². The molecule has 1 aliphatic heterocycles. The number of nitrogens with zero attached hydrogens (tertiary/aromatic N) is 1. The molecule has 1 heterocycles. The number of likely N-dealkylation sites (tertiary alicyclic amines) is 1. The van der Waals surface area contributed by atoms with E-state index in [0.717, 1.165) is 44.7 Å². The largest absolute Gasteiger partial charge is 0.481 e. The maximum Gasteiger partial charge on any atom is 0.317 e. The standard InChI is InChI=1S/C14H24N2O3/c1-2-10-5-7-16(8-6-10)14(19)15-12(9-13(17)18)11-3-4-11/h10-12H,2-9H2,1H3,(H,15,19)(H,17,18). The molecule has 2 fully saturated rings. The molecule has 0 aromatic heterocycles. The Morgan fingerprint density at radius 1 is 1.26 bits per heavy atom. The maximum absolute atomic E-state index is 12.1. The Hall–Kier alpha value is -1.26. The lowest BCUT2D eigenvalue weighted by atomic mass is 9.95. The highest BCUT2D eigenvalue weighted by Gasteiger charge is 2.35. The van der Waals surface area contributed by atoms with Crippen molar-refractivity contribution in [3.05, 3.63) is 0 Å². The van der Waals surface area contributed by atoms with Crippen molar-refractivity contribution in [2.45, 2.75) is 51.5 Å². The first kappa shape index (κ1) is 14.2. The lowest BCUT2D eigenvalue weighted by Gasteiger charge is -2.32. The molecule has 0 bridgehead atoms. The van der Waals surface area contributed by atoms with Gasteiger partial charge in [0.2, 0.25) is 0 Å². The summed E-state index contributed by atoms with van der Waals surface area (Å²) in [7, 11) is 0. The maximum atomic E-state index is 12.1. The summed E-state index contributed by atoms with van der Waals surface area (Å²) >= 11 is 0. The summed E-state index contributed by atoms with van der Waals surface area (Å²) in [6.07, 6.45) is 5.43. The first-order chi connectivity index (χ1) is 9.10. The summed E-state index contributed by atoms with van der Waals surface area (Å²) < 4.78 is 0. The molecule has 0 spiro atoms. The molecule has 0 aromatic carbocycles. The van der Waals surface area contributed by atoms with Crippen molar-refractivity contribution in [1.82, 2.24) is 10.2 Å². The molecule has 1 aliphatic carbocycles. The van der Waals surface area contributed by atoms with E-state index < -0.39 is 5.97 Å². The predicted molar refractivity (Wildman–Crippen MR) is 71.9 cm³/mol. The van der Waals surface area contributed by atoms with Crippen LogP contribution >= 0.6 is 0 Å². The number of hydrogen-bond donors (Lipinski definition) is 2. The molecule has 2 N–H and O–H groups in total. The first-order valence-corrected chi connectivity index (χ1v) is 7.37. The number of amides is 2. The summed E-state index contributed by atoms with van der Waals surface area (Å²) in [6, 6.07) is -0.262. The van der Waals surface area contributed by atoms with E-state index in [1.165, 1.54) is 6.42 Å². The fourth-order valence-corrected chi connectivity index (χ4v) is 2.82. The molecule has 2 amide bonds. The van der Waals surface area contributed by atoms with Crippen LogP contribution in [0, 0.1) is 11.8 Å². The lowest BCUT2D eigenvalue weighted by molar-refractivity contribution is -0.137. The van der Waals surface area contributed by atoms with E-state index >= 15 is 0 Å². The topological polar surface area (TPSA) is 69.6 Å². The number of carbonyl (C=O) groups excluding carboxylic acids is 1. The normalized spacial score (nSPS) is 22.1. The molecule has 1 saturated heterocycles. The van der Waals surface area contributed by atoms with Gasteiger partial charge in [0.15, 0.2) is 0 Å². The molecule has 108 valence electrons. The number of urea groups is 1. The van der Waals surface area contributed by atoms with Gasteiger partial charge < -0.3 is 15.3 Å². The van der Waals surface area contributed by atoms with E-state index in [2.05, 4.69) is 12.2 Å². The quantitative estimate of drug-likeness (QED) is 0.802. The van der Waals surface area contributed by atoms with E-state index in [-0.39, 0.29) is 18.5 Å². The van der Waals surface area contributed by atoms with Crippen LogP contribution in [0.2, 0.25) is 0 Å². The minimum absolute atomic E-state index is 0.0435. The number of carboxylic acid groups (broad SMARTS) is 1. The average molecular weight is 268 g/mol. The zero-order valence-electron chi connectivity index (χ0n) is 11.6. The number of aliphatic carboxylic acids is 1. The molecule has 2 rings (SSSR count). The van der Waals surface area contributed by atoms with Gasteiger partial charge in [-0.3, -0.25) is 4.79 Å². The molecule has 0 aromatic rings. The van der Waals surface area contributed by atoms with Crippen molar-refractivity contribution in [1.29, 1.82) is 0 Å². The highest BCUT2D eigenvalue weighted by Crippen LogP contribution is 2.34. The number of nitrogens with one attached hydrogen (secondary N) is 1. The van der Waals surface area contributed by atoms with Gasteiger partial charge in [0, 0.05) is 19.1 Å². The molecular weight excluding hydrogens is 244 g/mol. The fourth-order valence-electron chi connectivity index (χ4n) is 2.82. The molecule has 0 radical (unpaired) electrons. The van der Waals surface area contributed by atoms with Crippen LogP contribution < -0.4 is 5.32 Å². The number of rotatable bonds is 5. The van der Waals surface area contributed by atoms with Crippen molar-refractivity contribution in [2.75, 3.05) is 13.1 Å². The van der Waals surface area contributed by atoms with E-state index in [1.807, 2.05) is 4.90 Å². The van der Waals surface area contributed by atoms with Crippen molar-refractivity contribution < 1.29 is 14.7 Å². The number of carbonyl (C=O) groups is 2. The molecular formula is C14H24N2O3. The summed E-state index contributed by atoms with van der Waals surface area (Å²) in [6.45, 7) is 3.79. The fraction of sp³-hybridized carbons (Fsp3) is 0.857. The van der Waals surface area contributed by atoms with Crippen LogP contribution in [0.3, 0.4) is 0 Å². The van der Waals surface area contributed by atoms with Gasteiger partial charge in [0.05, 0.1) is 6.42 Å². The third-order valence-corrected chi connectivity index (χ3v) is 4.37. The Balaban J connectivity index is 1.80. The lowest BCUT2D eigenvalue weighted by Crippen LogP contribution is -2.49. The molecule has 5 heteroatoms. The van der Waals surface area contributed by atoms with Gasteiger partial charge >= 0.3 is 12.0 Å². The Kier molecular flexibility index (Phi) is 4.66. The number of carboxylic acids is 1. The van der Waals surface area contributed by atoms with Crippen molar-refractivity contribution >= 4 is 12.0 Å². The Labute approximate surface area is 114 Å². The van der Waals surface area contributed by atoms with Crippen molar-refractivity contribution in [2.24, 2.45) is 11.8 Å². The van der Waals surface area contributed by atoms with Gasteiger partial charge in [-0.05, 0) is 37.5 Å². The Bertz CT molecular complexity index is 334. The van der Waals surface area contributed by atoms with Gasteiger partial charge in [0.25, 0.3) is 0 Å². The summed E-state index contributed by atoms with van der Waals surface area (Å²) in [5.41, 5.74) is 0. The molecule has 1 atom stereocenters. The molecule has 5 nitrogen and oxygen atoms in total. The third-order valence-electron chi connectivity index (χ3n) is 4.37. The molecule has 1 unspecified atom stereocenters. The predicted octanol–water partition coefficient (Wildman–Crippen LogP) is 2.07. The second-order valence-electron chi connectivity index (χ2n) is 5.83. The molecule has 1 saturated carbocycles. The van der Waals surface area contributed by atoms with E-state index in [0.29, 0.717) is 5.92 Å². The molecule has 2 aliphatic rings. The zero-order chi connectivity index (χ0) is 13.8. The van der Waals surface area contributed by atoms with Crippen molar-refractivity contribution in [3.8, 4) is 0 Å². The van der Waals surface area contributed by atoms with Gasteiger partial charge in [-0.2, -0.15) is 0 Å². The van der Waals surface area contributed by atoms with Crippen LogP contribution in [0.5, 0.6) is 0 Å². The SMILES string of the molecule is CCC1CCN(C(=O)NC(CC(=O)O)C2CC2)CC1. The number of piperidine rings is 1. The van der Waals surface area contributed by atoms with Crippen LogP contribution in [-0.2, 0) is 4.79 Å². The van der Waals surface area contributed by atoms with Crippen LogP contribution in [0.4, 0.5) is 4.79 Å². The van der Waals surface area contributed by atoms with Gasteiger partial charge in [-0.1, -0.05) is 13.3 Å². The second kappa shape index (κ2) is 6.26. The van der Waals surface area contributed by atoms with Crippen LogP contribution in [0.25, 0.3) is 0 Å².